The van der Waals surface area contributed by atoms with E-state index in [0.29, 0.717) is 29.8 Å². The highest BCUT2D eigenvalue weighted by atomic mass is 32.2. The molecular weight excluding hydrogens is 477 g/mol. The van der Waals surface area contributed by atoms with Crippen LogP contribution in [-0.4, -0.2) is 35.0 Å². The summed E-state index contributed by atoms with van der Waals surface area (Å²) in [5.41, 5.74) is 3.40. The number of nitrogens with one attached hydrogen (secondary N) is 1. The highest BCUT2D eigenvalue weighted by Crippen LogP contribution is 2.37. The van der Waals surface area contributed by atoms with Gasteiger partial charge >= 0.3 is 0 Å². The lowest BCUT2D eigenvalue weighted by Gasteiger charge is -2.26. The third kappa shape index (κ3) is 4.94. The van der Waals surface area contributed by atoms with Gasteiger partial charge in [-0.25, -0.2) is 4.39 Å². The number of hydrogen-bond donors (Lipinski definition) is 1. The molecule has 5 rings (SSSR count). The van der Waals surface area contributed by atoms with E-state index in [2.05, 4.69) is 4.99 Å². The molecule has 0 saturated carbocycles. The van der Waals surface area contributed by atoms with E-state index >= 15 is 0 Å². The molecule has 1 N–H and O–H groups in total. The van der Waals surface area contributed by atoms with Crippen LogP contribution < -0.4 is 9.47 Å². The van der Waals surface area contributed by atoms with Gasteiger partial charge in [0.1, 0.15) is 36.4 Å². The van der Waals surface area contributed by atoms with Crippen molar-refractivity contribution >= 4 is 40.4 Å². The molecule has 6 nitrogen and oxygen atoms in total. The first-order chi connectivity index (χ1) is 17.5. The van der Waals surface area contributed by atoms with Crippen LogP contribution in [0.2, 0.25) is 0 Å². The van der Waals surface area contributed by atoms with Gasteiger partial charge in [-0.1, -0.05) is 42.1 Å². The largest absolute Gasteiger partial charge is 0.490 e. The number of aryl methyl sites for hydroxylation is 1. The zero-order valence-corrected chi connectivity index (χ0v) is 20.2. The van der Waals surface area contributed by atoms with Gasteiger partial charge in [-0.05, 0) is 72.2 Å². The Morgan fingerprint density at radius 1 is 1.00 bits per heavy atom. The first-order valence-electron chi connectivity index (χ1n) is 11.3. The lowest BCUT2D eigenvalue weighted by atomic mass is 10.1. The number of halogens is 1. The number of fused-ring (bicyclic) bond motifs is 1. The van der Waals surface area contributed by atoms with Gasteiger partial charge in [0.15, 0.2) is 5.17 Å². The number of carbonyl (C=O) groups is 1. The van der Waals surface area contributed by atoms with Gasteiger partial charge in [0, 0.05) is 5.41 Å². The molecule has 3 aromatic carbocycles. The summed E-state index contributed by atoms with van der Waals surface area (Å²) in [4.78, 5) is 18.4. The van der Waals surface area contributed by atoms with Crippen molar-refractivity contribution in [3.05, 3.63) is 106 Å². The Kier molecular flexibility index (Phi) is 6.69. The second kappa shape index (κ2) is 10.2. The highest BCUT2D eigenvalue weighted by molar-refractivity contribution is 8.17. The molecule has 1 amide bonds. The van der Waals surface area contributed by atoms with Crippen molar-refractivity contribution in [2.24, 2.45) is 4.99 Å². The molecule has 0 atom stereocenters. The molecule has 2 aliphatic rings. The van der Waals surface area contributed by atoms with E-state index in [4.69, 9.17) is 14.9 Å². The predicted octanol–water partition coefficient (Wildman–Crippen LogP) is 5.90. The van der Waals surface area contributed by atoms with E-state index in [0.717, 1.165) is 22.4 Å². The van der Waals surface area contributed by atoms with Gasteiger partial charge in [0.2, 0.25) is 0 Å². The molecule has 0 spiro atoms. The van der Waals surface area contributed by atoms with Crippen molar-refractivity contribution in [2.45, 2.75) is 6.92 Å². The molecular formula is C28H22FN3O3S. The maximum Gasteiger partial charge on any atom is 0.283 e. The summed E-state index contributed by atoms with van der Waals surface area (Å²) in [5.74, 6) is 0.728. The Morgan fingerprint density at radius 2 is 1.72 bits per heavy atom. The summed E-state index contributed by atoms with van der Waals surface area (Å²) < 4.78 is 24.9. The van der Waals surface area contributed by atoms with Crippen LogP contribution >= 0.6 is 11.8 Å². The molecule has 0 saturated heterocycles. The molecule has 0 aromatic heterocycles. The predicted molar refractivity (Wildman–Crippen MR) is 141 cm³/mol. The molecule has 180 valence electrons. The average Bonchev–Trinajstić information content (AvgIpc) is 3.30. The maximum atomic E-state index is 13.4. The number of nitrogens with zero attached hydrogens (tertiary/aromatic N) is 2. The number of aliphatic imine (C=N–C) groups is 1. The summed E-state index contributed by atoms with van der Waals surface area (Å²) in [6.45, 7) is 2.80. The molecule has 2 heterocycles. The number of rotatable bonds is 7. The van der Waals surface area contributed by atoms with Crippen molar-refractivity contribution in [2.75, 3.05) is 13.2 Å². The monoisotopic (exact) mass is 499 g/mol. The first-order valence-corrected chi connectivity index (χ1v) is 12.2. The minimum absolute atomic E-state index is 0.0271. The molecule has 0 fully saturated rings. The molecule has 0 radical (unpaired) electrons. The van der Waals surface area contributed by atoms with Crippen LogP contribution in [0, 0.1) is 18.2 Å². The zero-order valence-electron chi connectivity index (χ0n) is 19.4. The van der Waals surface area contributed by atoms with Crippen LogP contribution in [-0.2, 0) is 4.79 Å². The molecule has 2 aliphatic heterocycles. The number of thioether (sulfide) groups is 1. The third-order valence-corrected chi connectivity index (χ3v) is 6.47. The first kappa shape index (κ1) is 23.6. The number of para-hydroxylation sites is 1. The standard InChI is InChI=1S/C28H22FN3O3S/c1-18-4-2-3-5-25(18)35-15-14-34-22-12-6-19(7-13-22)16-23-26(30)32-24(17-36-28(32)31-27(23)33)20-8-10-21(29)11-9-20/h2-13,16-17,30H,14-15H2,1H3. The molecule has 0 unspecified atom stereocenters. The quantitative estimate of drug-likeness (QED) is 0.324. The van der Waals surface area contributed by atoms with E-state index in [1.165, 1.54) is 23.9 Å². The van der Waals surface area contributed by atoms with Crippen molar-refractivity contribution < 1.29 is 18.7 Å². The lowest BCUT2D eigenvalue weighted by molar-refractivity contribution is -0.114. The van der Waals surface area contributed by atoms with Crippen LogP contribution in [0.1, 0.15) is 16.7 Å². The second-order valence-electron chi connectivity index (χ2n) is 8.10. The van der Waals surface area contributed by atoms with Crippen molar-refractivity contribution in [3.63, 3.8) is 0 Å². The summed E-state index contributed by atoms with van der Waals surface area (Å²) in [7, 11) is 0. The topological polar surface area (TPSA) is 75.0 Å². The molecule has 0 bridgehead atoms. The summed E-state index contributed by atoms with van der Waals surface area (Å²) in [5, 5.41) is 10.9. The van der Waals surface area contributed by atoms with Crippen LogP contribution in [0.3, 0.4) is 0 Å². The molecule has 0 aliphatic carbocycles. The van der Waals surface area contributed by atoms with Crippen molar-refractivity contribution in [1.82, 2.24) is 4.90 Å². The number of ether oxygens (including phenoxy) is 2. The fraction of sp³-hybridized carbons (Fsp3) is 0.107. The van der Waals surface area contributed by atoms with Gasteiger partial charge in [-0.15, -0.1) is 0 Å². The van der Waals surface area contributed by atoms with Crippen LogP contribution in [0.15, 0.2) is 88.8 Å². The molecule has 36 heavy (non-hydrogen) atoms. The number of hydrogen-bond acceptors (Lipinski definition) is 5. The van der Waals surface area contributed by atoms with Gasteiger partial charge in [-0.3, -0.25) is 15.1 Å². The highest BCUT2D eigenvalue weighted by Gasteiger charge is 2.36. The minimum Gasteiger partial charge on any atom is -0.490 e. The van der Waals surface area contributed by atoms with E-state index in [1.54, 1.807) is 35.2 Å². The number of benzene rings is 3. The summed E-state index contributed by atoms with van der Waals surface area (Å²) >= 11 is 1.26. The Morgan fingerprint density at radius 3 is 2.47 bits per heavy atom. The Labute approximate surface area is 212 Å². The maximum absolute atomic E-state index is 13.4. The fourth-order valence-electron chi connectivity index (χ4n) is 3.78. The van der Waals surface area contributed by atoms with Crippen LogP contribution in [0.5, 0.6) is 11.5 Å². The van der Waals surface area contributed by atoms with Gasteiger partial charge < -0.3 is 9.47 Å². The summed E-state index contributed by atoms with van der Waals surface area (Å²) in [6, 6.07) is 21.1. The Balaban J connectivity index is 1.25. The zero-order chi connectivity index (χ0) is 25.1. The Bertz CT molecular complexity index is 1410. The van der Waals surface area contributed by atoms with Crippen molar-refractivity contribution in [1.29, 1.82) is 5.41 Å². The van der Waals surface area contributed by atoms with Gasteiger partial charge in [0.05, 0.1) is 11.3 Å². The molecule has 3 aromatic rings. The Hall–Kier alpha value is -4.17. The summed E-state index contributed by atoms with van der Waals surface area (Å²) in [6.07, 6.45) is 1.64. The average molecular weight is 500 g/mol. The van der Waals surface area contributed by atoms with Crippen LogP contribution in [0.25, 0.3) is 11.8 Å². The number of carbonyl (C=O) groups excluding carboxylic acids is 1. The van der Waals surface area contributed by atoms with Gasteiger partial charge in [-0.2, -0.15) is 4.99 Å². The fourth-order valence-corrected chi connectivity index (χ4v) is 4.67. The normalized spacial score (nSPS) is 16.1. The number of amidine groups is 2. The van der Waals surface area contributed by atoms with E-state index in [1.807, 2.05) is 48.7 Å². The lowest BCUT2D eigenvalue weighted by Crippen LogP contribution is -2.38. The smallest absolute Gasteiger partial charge is 0.283 e. The van der Waals surface area contributed by atoms with E-state index in [-0.39, 0.29) is 17.2 Å². The minimum atomic E-state index is -0.471. The van der Waals surface area contributed by atoms with Crippen LogP contribution in [0.4, 0.5) is 4.39 Å². The number of amides is 1. The third-order valence-electron chi connectivity index (χ3n) is 5.65. The van der Waals surface area contributed by atoms with E-state index in [9.17, 15) is 9.18 Å². The second-order valence-corrected chi connectivity index (χ2v) is 8.94. The van der Waals surface area contributed by atoms with Crippen molar-refractivity contribution in [3.8, 4) is 11.5 Å². The molecule has 8 heteroatoms. The van der Waals surface area contributed by atoms with Gasteiger partial charge in [0.25, 0.3) is 5.91 Å². The SMILES string of the molecule is Cc1ccccc1OCCOc1ccc(C=C2C(=N)N3C(c4ccc(F)cc4)=CSC3=NC2=O)cc1. The van der Waals surface area contributed by atoms with E-state index < -0.39 is 5.91 Å².